The molecule has 1 aromatic heterocycles. The van der Waals surface area contributed by atoms with Crippen LogP contribution < -0.4 is 0 Å². The van der Waals surface area contributed by atoms with Crippen LogP contribution in [0.25, 0.3) is 10.2 Å². The highest BCUT2D eigenvalue weighted by molar-refractivity contribution is 7.18. The minimum atomic E-state index is -0.647. The SMILES string of the molecule is CC(OC(=O)CN1C(=O)c2ccccc2C1=O)c1nc2ccccc2s1. The van der Waals surface area contributed by atoms with Crippen molar-refractivity contribution < 1.29 is 19.1 Å². The first-order valence-electron chi connectivity index (χ1n) is 8.05. The molecule has 0 radical (unpaired) electrons. The molecule has 4 rings (SSSR count). The molecule has 0 fully saturated rings. The third kappa shape index (κ3) is 2.76. The van der Waals surface area contributed by atoms with Crippen LogP contribution in [0.4, 0.5) is 0 Å². The number of benzene rings is 2. The van der Waals surface area contributed by atoms with Gasteiger partial charge in [-0.15, -0.1) is 11.3 Å². The fourth-order valence-electron chi connectivity index (χ4n) is 2.86. The number of para-hydroxylation sites is 1. The summed E-state index contributed by atoms with van der Waals surface area (Å²) in [5.74, 6) is -1.60. The molecule has 130 valence electrons. The van der Waals surface area contributed by atoms with Crippen molar-refractivity contribution in [2.24, 2.45) is 0 Å². The highest BCUT2D eigenvalue weighted by Crippen LogP contribution is 2.28. The largest absolute Gasteiger partial charge is 0.454 e. The molecule has 2 amide bonds. The maximum atomic E-state index is 12.3. The lowest BCUT2D eigenvalue weighted by atomic mass is 10.1. The number of ether oxygens (including phenoxy) is 1. The molecule has 2 aromatic carbocycles. The Hall–Kier alpha value is -3.06. The van der Waals surface area contributed by atoms with Crippen LogP contribution in [0.5, 0.6) is 0 Å². The Kier molecular flexibility index (Phi) is 4.00. The number of hydrogen-bond donors (Lipinski definition) is 0. The topological polar surface area (TPSA) is 76.6 Å². The number of aromatic nitrogens is 1. The van der Waals surface area contributed by atoms with E-state index in [2.05, 4.69) is 4.98 Å². The van der Waals surface area contributed by atoms with Crippen LogP contribution >= 0.6 is 11.3 Å². The van der Waals surface area contributed by atoms with Gasteiger partial charge in [-0.3, -0.25) is 19.3 Å². The number of nitrogens with zero attached hydrogens (tertiary/aromatic N) is 2. The zero-order valence-corrected chi connectivity index (χ0v) is 14.7. The summed E-state index contributed by atoms with van der Waals surface area (Å²) in [6.07, 6.45) is -0.560. The summed E-state index contributed by atoms with van der Waals surface area (Å²) in [4.78, 5) is 42.2. The molecule has 1 atom stereocenters. The van der Waals surface area contributed by atoms with E-state index < -0.39 is 30.4 Å². The molecule has 0 spiro atoms. The fraction of sp³-hybridized carbons (Fsp3) is 0.158. The second-order valence-corrected chi connectivity index (χ2v) is 6.96. The first-order valence-corrected chi connectivity index (χ1v) is 8.86. The van der Waals surface area contributed by atoms with Crippen molar-refractivity contribution in [3.63, 3.8) is 0 Å². The zero-order chi connectivity index (χ0) is 18.3. The summed E-state index contributed by atoms with van der Waals surface area (Å²) in [5, 5.41) is 0.668. The van der Waals surface area contributed by atoms with E-state index in [1.54, 1.807) is 31.2 Å². The van der Waals surface area contributed by atoms with E-state index in [1.807, 2.05) is 24.3 Å². The predicted octanol–water partition coefficient (Wildman–Crippen LogP) is 3.20. The molecule has 3 aromatic rings. The standard InChI is InChI=1S/C19H14N2O4S/c1-11(17-20-14-8-4-5-9-15(14)26-17)25-16(22)10-21-18(23)12-6-2-3-7-13(12)19(21)24/h2-9,11H,10H2,1H3. The van der Waals surface area contributed by atoms with E-state index in [-0.39, 0.29) is 0 Å². The van der Waals surface area contributed by atoms with E-state index in [0.717, 1.165) is 15.1 Å². The smallest absolute Gasteiger partial charge is 0.326 e. The van der Waals surface area contributed by atoms with E-state index in [9.17, 15) is 14.4 Å². The summed E-state index contributed by atoms with van der Waals surface area (Å²) in [7, 11) is 0. The van der Waals surface area contributed by atoms with Gasteiger partial charge in [0.05, 0.1) is 21.3 Å². The van der Waals surface area contributed by atoms with Crippen molar-refractivity contribution in [2.45, 2.75) is 13.0 Å². The van der Waals surface area contributed by atoms with Crippen LogP contribution in [0.1, 0.15) is 38.8 Å². The van der Waals surface area contributed by atoms with Crippen molar-refractivity contribution in [3.8, 4) is 0 Å². The van der Waals surface area contributed by atoms with Gasteiger partial charge >= 0.3 is 5.97 Å². The molecule has 26 heavy (non-hydrogen) atoms. The van der Waals surface area contributed by atoms with Crippen molar-refractivity contribution in [1.82, 2.24) is 9.88 Å². The maximum Gasteiger partial charge on any atom is 0.326 e. The highest BCUT2D eigenvalue weighted by atomic mass is 32.1. The number of fused-ring (bicyclic) bond motifs is 2. The number of esters is 1. The minimum Gasteiger partial charge on any atom is -0.454 e. The van der Waals surface area contributed by atoms with Gasteiger partial charge in [0, 0.05) is 0 Å². The van der Waals surface area contributed by atoms with Gasteiger partial charge in [-0.2, -0.15) is 0 Å². The Balaban J connectivity index is 1.46. The van der Waals surface area contributed by atoms with Crippen LogP contribution in [-0.2, 0) is 9.53 Å². The first-order chi connectivity index (χ1) is 12.5. The molecule has 6 nitrogen and oxygen atoms in total. The lowest BCUT2D eigenvalue weighted by Gasteiger charge is -2.15. The summed E-state index contributed by atoms with van der Waals surface area (Å²) < 4.78 is 6.39. The lowest BCUT2D eigenvalue weighted by molar-refractivity contribution is -0.148. The second-order valence-electron chi connectivity index (χ2n) is 5.89. The van der Waals surface area contributed by atoms with Gasteiger partial charge in [0.2, 0.25) is 0 Å². The van der Waals surface area contributed by atoms with Gasteiger partial charge in [-0.25, -0.2) is 4.98 Å². The average molecular weight is 366 g/mol. The average Bonchev–Trinajstić information content (AvgIpc) is 3.18. The number of carbonyl (C=O) groups excluding carboxylic acids is 3. The van der Waals surface area contributed by atoms with Crippen molar-refractivity contribution in [2.75, 3.05) is 6.54 Å². The molecule has 0 bridgehead atoms. The van der Waals surface area contributed by atoms with Gasteiger partial charge < -0.3 is 4.74 Å². The molecule has 1 aliphatic heterocycles. The lowest BCUT2D eigenvalue weighted by Crippen LogP contribution is -2.35. The number of thiazole rings is 1. The Morgan fingerprint density at radius 1 is 1.08 bits per heavy atom. The van der Waals surface area contributed by atoms with E-state index in [1.165, 1.54) is 11.3 Å². The Morgan fingerprint density at radius 2 is 1.69 bits per heavy atom. The number of rotatable bonds is 4. The van der Waals surface area contributed by atoms with Crippen molar-refractivity contribution >= 4 is 39.3 Å². The zero-order valence-electron chi connectivity index (χ0n) is 13.8. The molecule has 0 saturated heterocycles. The van der Waals surface area contributed by atoms with Crippen LogP contribution in [0.3, 0.4) is 0 Å². The number of imide groups is 1. The molecule has 7 heteroatoms. The molecule has 0 saturated carbocycles. The summed E-state index contributed by atoms with van der Waals surface area (Å²) in [6, 6.07) is 14.2. The van der Waals surface area contributed by atoms with Crippen LogP contribution in [0, 0.1) is 0 Å². The van der Waals surface area contributed by atoms with E-state index in [4.69, 9.17) is 4.74 Å². The van der Waals surface area contributed by atoms with Crippen LogP contribution in [0.15, 0.2) is 48.5 Å². The summed E-state index contributed by atoms with van der Waals surface area (Å²) >= 11 is 1.45. The van der Waals surface area contributed by atoms with E-state index >= 15 is 0 Å². The number of carbonyl (C=O) groups is 3. The summed E-state index contributed by atoms with van der Waals surface area (Å²) in [5.41, 5.74) is 1.46. The van der Waals surface area contributed by atoms with E-state index in [0.29, 0.717) is 16.1 Å². The monoisotopic (exact) mass is 366 g/mol. The highest BCUT2D eigenvalue weighted by Gasteiger charge is 2.36. The predicted molar refractivity (Wildman–Crippen MR) is 95.9 cm³/mol. The molecular formula is C19H14N2O4S. The number of hydrogen-bond acceptors (Lipinski definition) is 6. The molecule has 1 aliphatic rings. The Labute approximate surface area is 153 Å². The first kappa shape index (κ1) is 16.4. The molecular weight excluding hydrogens is 352 g/mol. The van der Waals surface area contributed by atoms with Gasteiger partial charge in [0.1, 0.15) is 11.6 Å². The molecule has 0 N–H and O–H groups in total. The minimum absolute atomic E-state index is 0.310. The third-order valence-electron chi connectivity index (χ3n) is 4.13. The second kappa shape index (κ2) is 6.34. The van der Waals surface area contributed by atoms with Gasteiger partial charge in [0.15, 0.2) is 6.10 Å². The fourth-order valence-corrected chi connectivity index (χ4v) is 3.81. The maximum absolute atomic E-state index is 12.3. The van der Waals surface area contributed by atoms with Crippen molar-refractivity contribution in [1.29, 1.82) is 0 Å². The third-order valence-corrected chi connectivity index (χ3v) is 5.33. The van der Waals surface area contributed by atoms with Gasteiger partial charge in [-0.1, -0.05) is 24.3 Å². The van der Waals surface area contributed by atoms with Gasteiger partial charge in [-0.05, 0) is 31.2 Å². The Morgan fingerprint density at radius 3 is 2.35 bits per heavy atom. The number of amides is 2. The molecule has 2 heterocycles. The normalized spacial score (nSPS) is 14.6. The molecule has 1 unspecified atom stereocenters. The van der Waals surface area contributed by atoms with Crippen LogP contribution in [-0.4, -0.2) is 34.2 Å². The quantitative estimate of drug-likeness (QED) is 0.523. The van der Waals surface area contributed by atoms with Crippen molar-refractivity contribution in [3.05, 3.63) is 64.7 Å². The van der Waals surface area contributed by atoms with Crippen LogP contribution in [0.2, 0.25) is 0 Å². The van der Waals surface area contributed by atoms with Gasteiger partial charge in [0.25, 0.3) is 11.8 Å². The Bertz CT molecular complexity index is 975. The molecule has 0 aliphatic carbocycles. The summed E-state index contributed by atoms with van der Waals surface area (Å²) in [6.45, 7) is 1.31.